The van der Waals surface area contributed by atoms with Gasteiger partial charge in [0.05, 0.1) is 18.8 Å². The van der Waals surface area contributed by atoms with Crippen LogP contribution in [0.5, 0.6) is 5.75 Å². The van der Waals surface area contributed by atoms with Gasteiger partial charge in [-0.3, -0.25) is 0 Å². The average molecular weight is 292 g/mol. The molecule has 0 saturated heterocycles. The molecule has 0 spiro atoms. The fourth-order valence-corrected chi connectivity index (χ4v) is 4.52. The number of aryl methyl sites for hydroxylation is 1. The summed E-state index contributed by atoms with van der Waals surface area (Å²) in [7, 11) is 0. The maximum absolute atomic E-state index is 10.0. The number of hydrogen-bond donors (Lipinski definition) is 4. The van der Waals surface area contributed by atoms with Gasteiger partial charge in [-0.25, -0.2) is 0 Å². The lowest BCUT2D eigenvalue weighted by Gasteiger charge is -2.50. The number of hydrogen-bond acceptors (Lipinski definition) is 4. The number of phenolic OH excluding ortho intramolecular Hbond substituents is 1. The van der Waals surface area contributed by atoms with Gasteiger partial charge in [0.15, 0.2) is 0 Å². The number of phenols is 1. The summed E-state index contributed by atoms with van der Waals surface area (Å²) in [4.78, 5) is 0. The molecule has 4 atom stereocenters. The van der Waals surface area contributed by atoms with Crippen LogP contribution < -0.4 is 0 Å². The van der Waals surface area contributed by atoms with Crippen LogP contribution in [0.4, 0.5) is 0 Å². The van der Waals surface area contributed by atoms with Crippen molar-refractivity contribution in [2.24, 2.45) is 5.92 Å². The Morgan fingerprint density at radius 1 is 1.29 bits per heavy atom. The molecule has 0 aromatic heterocycles. The van der Waals surface area contributed by atoms with E-state index in [1.807, 2.05) is 12.1 Å². The molecule has 0 amide bonds. The van der Waals surface area contributed by atoms with Gasteiger partial charge in [0, 0.05) is 5.41 Å². The molecule has 0 aliphatic heterocycles. The van der Waals surface area contributed by atoms with Crippen LogP contribution in [0.25, 0.3) is 0 Å². The molecule has 1 aromatic carbocycles. The second kappa shape index (κ2) is 5.59. The maximum Gasteiger partial charge on any atom is 0.115 e. The van der Waals surface area contributed by atoms with Gasteiger partial charge in [0.25, 0.3) is 0 Å². The van der Waals surface area contributed by atoms with E-state index in [4.69, 9.17) is 0 Å². The predicted octanol–water partition coefficient (Wildman–Crippen LogP) is 1.48. The number of aliphatic hydroxyl groups excluding tert-OH is 3. The summed E-state index contributed by atoms with van der Waals surface area (Å²) >= 11 is 0. The van der Waals surface area contributed by atoms with Crippen LogP contribution in [0.1, 0.15) is 43.2 Å². The van der Waals surface area contributed by atoms with Crippen molar-refractivity contribution in [1.82, 2.24) is 0 Å². The smallest absolute Gasteiger partial charge is 0.115 e. The van der Waals surface area contributed by atoms with Gasteiger partial charge in [-0.1, -0.05) is 6.07 Å². The van der Waals surface area contributed by atoms with Crippen molar-refractivity contribution in [2.75, 3.05) is 6.61 Å². The molecule has 2 aliphatic rings. The first-order chi connectivity index (χ1) is 10.0. The molecule has 1 fully saturated rings. The highest BCUT2D eigenvalue weighted by Crippen LogP contribution is 2.53. The third-order valence-electron chi connectivity index (χ3n) is 5.46. The van der Waals surface area contributed by atoms with E-state index >= 15 is 0 Å². The minimum atomic E-state index is -0.734. The van der Waals surface area contributed by atoms with Crippen molar-refractivity contribution in [3.05, 3.63) is 29.3 Å². The quantitative estimate of drug-likeness (QED) is 0.680. The zero-order chi connectivity index (χ0) is 15.0. The van der Waals surface area contributed by atoms with E-state index in [1.165, 1.54) is 5.56 Å². The van der Waals surface area contributed by atoms with E-state index in [0.717, 1.165) is 37.7 Å². The van der Waals surface area contributed by atoms with Gasteiger partial charge >= 0.3 is 0 Å². The Kier molecular flexibility index (Phi) is 3.95. The molecule has 4 nitrogen and oxygen atoms in total. The van der Waals surface area contributed by atoms with Gasteiger partial charge in [0.2, 0.25) is 0 Å². The lowest BCUT2D eigenvalue weighted by atomic mass is 9.55. The Bertz CT molecular complexity index is 516. The van der Waals surface area contributed by atoms with Crippen LogP contribution in [0.15, 0.2) is 18.2 Å². The fraction of sp³-hybridized carbons (Fsp3) is 0.647. The zero-order valence-corrected chi connectivity index (χ0v) is 12.2. The minimum Gasteiger partial charge on any atom is -0.508 e. The lowest BCUT2D eigenvalue weighted by molar-refractivity contribution is -0.00147. The molecular formula is C17H24O4. The molecule has 0 bridgehead atoms. The summed E-state index contributed by atoms with van der Waals surface area (Å²) in [5, 5.41) is 39.0. The monoisotopic (exact) mass is 292 g/mol. The zero-order valence-electron chi connectivity index (χ0n) is 12.2. The van der Waals surface area contributed by atoms with E-state index in [-0.39, 0.29) is 23.9 Å². The maximum atomic E-state index is 10.0. The van der Waals surface area contributed by atoms with Gasteiger partial charge in [-0.05, 0) is 67.7 Å². The molecule has 3 rings (SSSR count). The van der Waals surface area contributed by atoms with Gasteiger partial charge in [0.1, 0.15) is 5.75 Å². The van der Waals surface area contributed by atoms with E-state index in [9.17, 15) is 20.4 Å². The highest BCUT2D eigenvalue weighted by molar-refractivity contribution is 5.43. The van der Waals surface area contributed by atoms with Gasteiger partial charge in [-0.2, -0.15) is 0 Å². The van der Waals surface area contributed by atoms with E-state index in [1.54, 1.807) is 6.07 Å². The van der Waals surface area contributed by atoms with Crippen LogP contribution >= 0.6 is 0 Å². The molecule has 0 radical (unpaired) electrons. The van der Waals surface area contributed by atoms with Crippen molar-refractivity contribution in [2.45, 2.75) is 56.1 Å². The first-order valence-electron chi connectivity index (χ1n) is 7.84. The molecule has 4 heteroatoms. The number of aromatic hydroxyl groups is 1. The molecule has 2 aliphatic carbocycles. The summed E-state index contributed by atoms with van der Waals surface area (Å²) in [6.45, 7) is -0.232. The Labute approximate surface area is 125 Å². The fourth-order valence-electron chi connectivity index (χ4n) is 4.52. The van der Waals surface area contributed by atoms with Crippen LogP contribution in [0.3, 0.4) is 0 Å². The highest BCUT2D eigenvalue weighted by atomic mass is 16.3. The van der Waals surface area contributed by atoms with Gasteiger partial charge < -0.3 is 20.4 Å². The molecule has 1 aromatic rings. The largest absolute Gasteiger partial charge is 0.508 e. The summed E-state index contributed by atoms with van der Waals surface area (Å²) in [6, 6.07) is 5.50. The average Bonchev–Trinajstić information content (AvgIpc) is 2.47. The van der Waals surface area contributed by atoms with Crippen molar-refractivity contribution in [3.8, 4) is 5.75 Å². The molecule has 21 heavy (non-hydrogen) atoms. The van der Waals surface area contributed by atoms with Crippen LogP contribution in [-0.2, 0) is 11.8 Å². The molecule has 4 N–H and O–H groups in total. The molecule has 1 unspecified atom stereocenters. The van der Waals surface area contributed by atoms with Crippen molar-refractivity contribution in [1.29, 1.82) is 0 Å². The Morgan fingerprint density at radius 2 is 2.10 bits per heavy atom. The number of benzene rings is 1. The van der Waals surface area contributed by atoms with Gasteiger partial charge in [-0.15, -0.1) is 0 Å². The number of fused-ring (bicyclic) bond motifs is 3. The standard InChI is InChI=1S/C17H24O4/c18-10-15(21)9-17-6-5-14(20)8-12(17)2-1-11-7-13(19)3-4-16(11)17/h3-4,7,12,14-15,18-21H,1-2,5-6,8-10H2/t12-,14-,15?,17+/m1/s1. The van der Waals surface area contributed by atoms with E-state index in [0.29, 0.717) is 12.3 Å². The predicted molar refractivity (Wildman–Crippen MR) is 79.2 cm³/mol. The Balaban J connectivity index is 2.04. The Morgan fingerprint density at radius 3 is 2.86 bits per heavy atom. The SMILES string of the molecule is OCC(O)C[C@@]12CC[C@@H](O)C[C@H]1CCc1cc(O)ccc12. The molecule has 1 saturated carbocycles. The van der Waals surface area contributed by atoms with Crippen molar-refractivity contribution in [3.63, 3.8) is 0 Å². The first-order valence-corrected chi connectivity index (χ1v) is 7.84. The Hall–Kier alpha value is -1.10. The van der Waals surface area contributed by atoms with E-state index < -0.39 is 6.10 Å². The second-order valence-corrected chi connectivity index (χ2v) is 6.70. The normalized spacial score (nSPS) is 33.1. The van der Waals surface area contributed by atoms with E-state index in [2.05, 4.69) is 0 Å². The van der Waals surface area contributed by atoms with Crippen LogP contribution in [-0.4, -0.2) is 39.2 Å². The van der Waals surface area contributed by atoms with Crippen molar-refractivity contribution < 1.29 is 20.4 Å². The third kappa shape index (κ3) is 2.56. The topological polar surface area (TPSA) is 80.9 Å². The van der Waals surface area contributed by atoms with Crippen LogP contribution in [0, 0.1) is 5.92 Å². The molecule has 0 heterocycles. The summed E-state index contributed by atoms with van der Waals surface area (Å²) < 4.78 is 0. The first kappa shape index (κ1) is 14.8. The van der Waals surface area contributed by atoms with Crippen molar-refractivity contribution >= 4 is 0 Å². The summed E-state index contributed by atoms with van der Waals surface area (Å²) in [5.41, 5.74) is 2.16. The molecule has 116 valence electrons. The summed E-state index contributed by atoms with van der Waals surface area (Å²) in [6.07, 6.45) is 3.72. The third-order valence-corrected chi connectivity index (χ3v) is 5.46. The number of aliphatic hydroxyl groups is 3. The second-order valence-electron chi connectivity index (χ2n) is 6.70. The summed E-state index contributed by atoms with van der Waals surface area (Å²) in [5.74, 6) is 0.611. The van der Waals surface area contributed by atoms with Crippen LogP contribution in [0.2, 0.25) is 0 Å². The minimum absolute atomic E-state index is 0.178. The number of rotatable bonds is 3. The molecular weight excluding hydrogens is 268 g/mol. The lowest BCUT2D eigenvalue weighted by Crippen LogP contribution is -2.47. The highest BCUT2D eigenvalue weighted by Gasteiger charge is 2.48.